The quantitative estimate of drug-likeness (QED) is 0.744. The molecule has 0 saturated carbocycles. The van der Waals surface area contributed by atoms with Crippen LogP contribution in [0.1, 0.15) is 48.2 Å². The fourth-order valence-electron chi connectivity index (χ4n) is 3.30. The van der Waals surface area contributed by atoms with Gasteiger partial charge in [-0.1, -0.05) is 12.1 Å². The van der Waals surface area contributed by atoms with Crippen molar-refractivity contribution in [3.63, 3.8) is 0 Å². The highest BCUT2D eigenvalue weighted by Crippen LogP contribution is 2.25. The molecule has 0 aliphatic carbocycles. The van der Waals surface area contributed by atoms with Crippen LogP contribution in [0.4, 0.5) is 5.82 Å². The topological polar surface area (TPSA) is 77.2 Å². The van der Waals surface area contributed by atoms with Gasteiger partial charge in [-0.3, -0.25) is 4.79 Å². The van der Waals surface area contributed by atoms with Crippen molar-refractivity contribution in [1.29, 1.82) is 0 Å². The second kappa shape index (κ2) is 8.81. The number of hydrogen-bond acceptors (Lipinski definition) is 4. The van der Waals surface area contributed by atoms with Crippen LogP contribution in [-0.2, 0) is 4.74 Å². The molecule has 0 radical (unpaired) electrons. The lowest BCUT2D eigenvalue weighted by molar-refractivity contribution is 0.0947. The zero-order chi connectivity index (χ0) is 18.4. The maximum Gasteiger partial charge on any atom is 0.251 e. The molecule has 2 aromatic rings. The van der Waals surface area contributed by atoms with Gasteiger partial charge in [0.2, 0.25) is 0 Å². The van der Waals surface area contributed by atoms with E-state index in [-0.39, 0.29) is 5.91 Å². The van der Waals surface area contributed by atoms with Crippen molar-refractivity contribution in [3.05, 3.63) is 47.7 Å². The van der Waals surface area contributed by atoms with E-state index in [0.29, 0.717) is 24.0 Å². The largest absolute Gasteiger partial charge is 0.383 e. The number of ether oxygens (including phenoxy) is 1. The van der Waals surface area contributed by atoms with E-state index in [0.717, 1.165) is 42.7 Å². The van der Waals surface area contributed by atoms with Crippen molar-refractivity contribution >= 4 is 11.7 Å². The van der Waals surface area contributed by atoms with Gasteiger partial charge in [0.15, 0.2) is 0 Å². The number of carbonyl (C=O) groups excluding carboxylic acids is 1. The number of benzene rings is 1. The van der Waals surface area contributed by atoms with E-state index in [4.69, 9.17) is 10.5 Å². The van der Waals surface area contributed by atoms with Crippen molar-refractivity contribution in [2.75, 3.05) is 18.9 Å². The Morgan fingerprint density at radius 2 is 2.04 bits per heavy atom. The van der Waals surface area contributed by atoms with E-state index in [1.54, 1.807) is 0 Å². The van der Waals surface area contributed by atoms with Gasteiger partial charge in [-0.2, -0.15) is 0 Å². The van der Waals surface area contributed by atoms with Crippen LogP contribution in [0.3, 0.4) is 0 Å². The van der Waals surface area contributed by atoms with Crippen LogP contribution in [0.25, 0.3) is 11.1 Å². The number of unbranched alkanes of at least 4 members (excludes halogenated alkanes) is 1. The van der Waals surface area contributed by atoms with Crippen LogP contribution >= 0.6 is 0 Å². The highest BCUT2D eigenvalue weighted by atomic mass is 16.5. The molecule has 1 atom stereocenters. The van der Waals surface area contributed by atoms with Gasteiger partial charge >= 0.3 is 0 Å². The van der Waals surface area contributed by atoms with Crippen LogP contribution in [0.2, 0.25) is 0 Å². The highest BCUT2D eigenvalue weighted by Gasteiger charge is 2.14. The lowest BCUT2D eigenvalue weighted by atomic mass is 10.0. The number of carbonyl (C=O) groups is 1. The van der Waals surface area contributed by atoms with Gasteiger partial charge in [-0.15, -0.1) is 0 Å². The Morgan fingerprint density at radius 3 is 2.73 bits per heavy atom. The molecule has 1 fully saturated rings. The summed E-state index contributed by atoms with van der Waals surface area (Å²) in [6.45, 7) is 3.51. The fraction of sp³-hybridized carbons (Fsp3) is 0.429. The fourth-order valence-corrected chi connectivity index (χ4v) is 3.30. The summed E-state index contributed by atoms with van der Waals surface area (Å²) >= 11 is 0. The van der Waals surface area contributed by atoms with E-state index in [9.17, 15) is 4.79 Å². The monoisotopic (exact) mass is 353 g/mol. The number of amides is 1. The molecule has 5 heteroatoms. The first-order valence-corrected chi connectivity index (χ1v) is 9.37. The summed E-state index contributed by atoms with van der Waals surface area (Å²) in [5.74, 6) is 0.470. The predicted octanol–water partition coefficient (Wildman–Crippen LogP) is 3.72. The Bertz CT molecular complexity index is 737. The molecule has 3 rings (SSSR count). The molecular weight excluding hydrogens is 326 g/mol. The number of hydrogen-bond donors (Lipinski definition) is 2. The summed E-state index contributed by atoms with van der Waals surface area (Å²) in [5.41, 5.74) is 9.39. The lowest BCUT2D eigenvalue weighted by Crippen LogP contribution is -2.24. The minimum atomic E-state index is -0.0383. The third-order valence-electron chi connectivity index (χ3n) is 4.78. The second-order valence-corrected chi connectivity index (χ2v) is 6.85. The Balaban J connectivity index is 1.47. The van der Waals surface area contributed by atoms with Gasteiger partial charge in [0.05, 0.1) is 6.10 Å². The molecule has 1 aliphatic heterocycles. The summed E-state index contributed by atoms with van der Waals surface area (Å²) in [4.78, 5) is 16.5. The maximum atomic E-state index is 12.3. The molecular formula is C21H27N3O2. The lowest BCUT2D eigenvalue weighted by Gasteiger charge is -2.10. The summed E-state index contributed by atoms with van der Waals surface area (Å²) < 4.78 is 5.61. The molecule has 1 aromatic heterocycles. The average Bonchev–Trinajstić information content (AvgIpc) is 3.15. The van der Waals surface area contributed by atoms with Crippen molar-refractivity contribution in [2.45, 2.75) is 45.1 Å². The molecule has 0 unspecified atom stereocenters. The Hall–Kier alpha value is -2.40. The number of nitrogens with one attached hydrogen (secondary N) is 1. The Kier molecular flexibility index (Phi) is 6.23. The summed E-state index contributed by atoms with van der Waals surface area (Å²) in [7, 11) is 0. The van der Waals surface area contributed by atoms with E-state index < -0.39 is 0 Å². The Morgan fingerprint density at radius 1 is 1.23 bits per heavy atom. The molecule has 2 heterocycles. The van der Waals surface area contributed by atoms with Crippen LogP contribution in [0.5, 0.6) is 0 Å². The van der Waals surface area contributed by atoms with Crippen molar-refractivity contribution in [1.82, 2.24) is 10.3 Å². The molecule has 0 bridgehead atoms. The van der Waals surface area contributed by atoms with Crippen molar-refractivity contribution < 1.29 is 9.53 Å². The average molecular weight is 353 g/mol. The second-order valence-electron chi connectivity index (χ2n) is 6.85. The molecule has 0 spiro atoms. The number of pyridine rings is 1. The number of anilines is 1. The Labute approximate surface area is 155 Å². The van der Waals surface area contributed by atoms with Gasteiger partial charge in [0.25, 0.3) is 5.91 Å². The number of aromatic nitrogens is 1. The van der Waals surface area contributed by atoms with Crippen LogP contribution in [0, 0.1) is 6.92 Å². The van der Waals surface area contributed by atoms with Gasteiger partial charge in [0, 0.05) is 30.0 Å². The van der Waals surface area contributed by atoms with Gasteiger partial charge in [-0.05, 0) is 68.9 Å². The molecule has 138 valence electrons. The smallest absolute Gasteiger partial charge is 0.251 e. The zero-order valence-corrected chi connectivity index (χ0v) is 15.3. The maximum absolute atomic E-state index is 12.3. The number of rotatable bonds is 7. The molecule has 26 heavy (non-hydrogen) atoms. The first-order valence-electron chi connectivity index (χ1n) is 9.37. The highest BCUT2D eigenvalue weighted by molar-refractivity contribution is 5.94. The SMILES string of the molecule is Cc1ccc(-c2ccc(C(=O)NCCCC[C@@H]3CCCO3)cc2)c(N)n1. The number of nitrogens with zero attached hydrogens (tertiary/aromatic N) is 1. The summed E-state index contributed by atoms with van der Waals surface area (Å²) in [6.07, 6.45) is 5.96. The number of nitrogen functional groups attached to an aromatic ring is 1. The van der Waals surface area contributed by atoms with E-state index >= 15 is 0 Å². The first kappa shape index (κ1) is 18.4. The minimum absolute atomic E-state index is 0.0383. The zero-order valence-electron chi connectivity index (χ0n) is 15.3. The van der Waals surface area contributed by atoms with Gasteiger partial charge in [0.1, 0.15) is 5.82 Å². The van der Waals surface area contributed by atoms with E-state index in [2.05, 4.69) is 10.3 Å². The van der Waals surface area contributed by atoms with Crippen molar-refractivity contribution in [3.8, 4) is 11.1 Å². The summed E-state index contributed by atoms with van der Waals surface area (Å²) in [5, 5.41) is 2.99. The van der Waals surface area contributed by atoms with Crippen molar-refractivity contribution in [2.24, 2.45) is 0 Å². The third kappa shape index (κ3) is 4.82. The molecule has 1 amide bonds. The molecule has 3 N–H and O–H groups in total. The number of nitrogens with two attached hydrogens (primary N) is 1. The third-order valence-corrected chi connectivity index (χ3v) is 4.78. The molecule has 1 aromatic carbocycles. The standard InChI is InChI=1S/C21H27N3O2/c1-15-7-12-19(20(22)24-15)16-8-10-17(11-9-16)21(25)23-13-3-2-5-18-6-4-14-26-18/h7-12,18H,2-6,13-14H2,1H3,(H2,22,24)(H,23,25)/t18-/m1/s1. The summed E-state index contributed by atoms with van der Waals surface area (Å²) in [6, 6.07) is 11.4. The van der Waals surface area contributed by atoms with Crippen LogP contribution in [-0.4, -0.2) is 30.1 Å². The molecule has 1 aliphatic rings. The molecule has 1 saturated heterocycles. The number of aryl methyl sites for hydroxylation is 1. The normalized spacial score (nSPS) is 16.6. The van der Waals surface area contributed by atoms with E-state index in [1.165, 1.54) is 12.8 Å². The first-order chi connectivity index (χ1) is 12.6. The van der Waals surface area contributed by atoms with E-state index in [1.807, 2.05) is 43.3 Å². The minimum Gasteiger partial charge on any atom is -0.383 e. The van der Waals surface area contributed by atoms with Crippen LogP contribution in [0.15, 0.2) is 36.4 Å². The predicted molar refractivity (Wildman–Crippen MR) is 104 cm³/mol. The molecule has 5 nitrogen and oxygen atoms in total. The van der Waals surface area contributed by atoms with Gasteiger partial charge < -0.3 is 15.8 Å². The van der Waals surface area contributed by atoms with Crippen LogP contribution < -0.4 is 11.1 Å². The van der Waals surface area contributed by atoms with Gasteiger partial charge in [-0.25, -0.2) is 4.98 Å².